The second kappa shape index (κ2) is 8.78. The molecule has 0 radical (unpaired) electrons. The van der Waals surface area contributed by atoms with E-state index in [1.165, 1.54) is 23.4 Å². The molecular weight excluding hydrogens is 398 g/mol. The van der Waals surface area contributed by atoms with E-state index in [1.807, 2.05) is 6.07 Å². The van der Waals surface area contributed by atoms with Crippen LogP contribution >= 0.6 is 0 Å². The number of benzene rings is 2. The molecule has 2 aromatic carbocycles. The van der Waals surface area contributed by atoms with Crippen LogP contribution in [0.3, 0.4) is 0 Å². The third-order valence-electron chi connectivity index (χ3n) is 6.03. The number of carbonyl (C=O) groups is 1. The van der Waals surface area contributed by atoms with Crippen molar-refractivity contribution in [3.63, 3.8) is 0 Å². The fourth-order valence-corrected chi connectivity index (χ4v) is 5.72. The van der Waals surface area contributed by atoms with Crippen LogP contribution in [0.25, 0.3) is 0 Å². The van der Waals surface area contributed by atoms with E-state index in [2.05, 4.69) is 34.1 Å². The van der Waals surface area contributed by atoms with Gasteiger partial charge >= 0.3 is 0 Å². The number of hydrogen-bond donors (Lipinski definition) is 2. The minimum atomic E-state index is -3.62. The van der Waals surface area contributed by atoms with Crippen molar-refractivity contribution in [2.75, 3.05) is 18.5 Å². The van der Waals surface area contributed by atoms with Crippen LogP contribution in [0.2, 0.25) is 0 Å². The Labute approximate surface area is 178 Å². The Kier molecular flexibility index (Phi) is 6.11. The largest absolute Gasteiger partial charge is 0.374 e. The summed E-state index contributed by atoms with van der Waals surface area (Å²) in [5.74, 6) is -0.275. The Bertz CT molecular complexity index is 1030. The fraction of sp³-hybridized carbons (Fsp3) is 0.435. The van der Waals surface area contributed by atoms with Crippen LogP contribution in [0.1, 0.15) is 53.6 Å². The van der Waals surface area contributed by atoms with Gasteiger partial charge in [-0.3, -0.25) is 4.79 Å². The summed E-state index contributed by atoms with van der Waals surface area (Å²) in [7, 11) is -1.52. The summed E-state index contributed by atoms with van der Waals surface area (Å²) in [6.45, 7) is 1.48. The van der Waals surface area contributed by atoms with Crippen molar-refractivity contribution in [3.05, 3.63) is 59.2 Å². The van der Waals surface area contributed by atoms with Gasteiger partial charge in [0.2, 0.25) is 10.0 Å². The number of nitrogens with zero attached hydrogens (tertiary/aromatic N) is 1. The molecule has 2 N–H and O–H groups in total. The van der Waals surface area contributed by atoms with E-state index in [9.17, 15) is 13.2 Å². The van der Waals surface area contributed by atoms with Crippen LogP contribution in [0.15, 0.2) is 47.4 Å². The fourth-order valence-electron chi connectivity index (χ4n) is 4.37. The molecule has 160 valence electrons. The molecule has 4 rings (SSSR count). The lowest BCUT2D eigenvalue weighted by atomic mass is 9.99. The van der Waals surface area contributed by atoms with Crippen molar-refractivity contribution < 1.29 is 13.2 Å². The molecule has 1 saturated carbocycles. The van der Waals surface area contributed by atoms with Crippen LogP contribution in [0.4, 0.5) is 5.69 Å². The summed E-state index contributed by atoms with van der Waals surface area (Å²) in [4.78, 5) is 15.0. The molecule has 1 heterocycles. The Morgan fingerprint density at radius 2 is 1.90 bits per heavy atom. The van der Waals surface area contributed by atoms with Gasteiger partial charge in [-0.2, -0.15) is 0 Å². The van der Waals surface area contributed by atoms with Crippen molar-refractivity contribution in [1.29, 1.82) is 0 Å². The van der Waals surface area contributed by atoms with Crippen molar-refractivity contribution in [2.45, 2.75) is 56.0 Å². The molecule has 0 atom stereocenters. The monoisotopic (exact) mass is 427 g/mol. The van der Waals surface area contributed by atoms with E-state index < -0.39 is 10.0 Å². The Morgan fingerprint density at radius 1 is 1.10 bits per heavy atom. The summed E-state index contributed by atoms with van der Waals surface area (Å²) < 4.78 is 28.1. The van der Waals surface area contributed by atoms with E-state index in [-0.39, 0.29) is 16.8 Å². The normalized spacial score (nSPS) is 17.0. The average Bonchev–Trinajstić information content (AvgIpc) is 3.24. The number of rotatable bonds is 6. The first kappa shape index (κ1) is 20.9. The quantitative estimate of drug-likeness (QED) is 0.742. The molecule has 0 spiro atoms. The molecule has 1 fully saturated rings. The number of hydrogen-bond acceptors (Lipinski definition) is 4. The highest BCUT2D eigenvalue weighted by atomic mass is 32.2. The number of aryl methyl sites for hydroxylation is 1. The molecule has 0 unspecified atom stereocenters. The van der Waals surface area contributed by atoms with E-state index in [1.54, 1.807) is 12.1 Å². The smallest absolute Gasteiger partial charge is 0.251 e. The van der Waals surface area contributed by atoms with Crippen LogP contribution in [0, 0.1) is 0 Å². The third kappa shape index (κ3) is 4.68. The van der Waals surface area contributed by atoms with Gasteiger partial charge in [0.25, 0.3) is 5.91 Å². The molecule has 0 bridgehead atoms. The summed E-state index contributed by atoms with van der Waals surface area (Å²) in [5.41, 5.74) is 3.96. The van der Waals surface area contributed by atoms with Gasteiger partial charge < -0.3 is 10.2 Å². The minimum absolute atomic E-state index is 0.00413. The summed E-state index contributed by atoms with van der Waals surface area (Å²) >= 11 is 0. The first-order valence-electron chi connectivity index (χ1n) is 10.7. The summed E-state index contributed by atoms with van der Waals surface area (Å²) in [6.07, 6.45) is 6.03. The lowest BCUT2D eigenvalue weighted by Gasteiger charge is -2.27. The Hall–Kier alpha value is -2.38. The van der Waals surface area contributed by atoms with Gasteiger partial charge in [0.1, 0.15) is 0 Å². The molecule has 7 heteroatoms. The van der Waals surface area contributed by atoms with Crippen molar-refractivity contribution >= 4 is 21.6 Å². The van der Waals surface area contributed by atoms with Crippen molar-refractivity contribution in [1.82, 2.24) is 10.0 Å². The van der Waals surface area contributed by atoms with Crippen molar-refractivity contribution in [2.24, 2.45) is 0 Å². The molecule has 1 aliphatic heterocycles. The first-order valence-corrected chi connectivity index (χ1v) is 12.1. The van der Waals surface area contributed by atoms with E-state index in [0.717, 1.165) is 50.6 Å². The first-order chi connectivity index (χ1) is 14.4. The van der Waals surface area contributed by atoms with Gasteiger partial charge in [0, 0.05) is 37.4 Å². The van der Waals surface area contributed by atoms with Crippen LogP contribution in [-0.2, 0) is 23.0 Å². The second-order valence-electron chi connectivity index (χ2n) is 8.30. The topological polar surface area (TPSA) is 78.5 Å². The lowest BCUT2D eigenvalue weighted by Crippen LogP contribution is -2.32. The third-order valence-corrected chi connectivity index (χ3v) is 7.55. The van der Waals surface area contributed by atoms with Gasteiger partial charge in [-0.15, -0.1) is 0 Å². The summed E-state index contributed by atoms with van der Waals surface area (Å²) in [5, 5.41) is 2.92. The number of carbonyl (C=O) groups excluding carboxylic acids is 1. The molecule has 2 aliphatic rings. The van der Waals surface area contributed by atoms with Crippen LogP contribution in [-0.4, -0.2) is 34.0 Å². The predicted molar refractivity (Wildman–Crippen MR) is 118 cm³/mol. The zero-order chi connectivity index (χ0) is 21.1. The zero-order valence-electron chi connectivity index (χ0n) is 17.4. The second-order valence-corrected chi connectivity index (χ2v) is 10.0. The maximum Gasteiger partial charge on any atom is 0.251 e. The Balaban J connectivity index is 1.42. The average molecular weight is 428 g/mol. The highest BCUT2D eigenvalue weighted by molar-refractivity contribution is 7.89. The molecular formula is C23H29N3O3S. The summed E-state index contributed by atoms with van der Waals surface area (Å²) in [6, 6.07) is 12.5. The van der Waals surface area contributed by atoms with E-state index in [4.69, 9.17) is 0 Å². The molecule has 2 aromatic rings. The number of amides is 1. The molecule has 0 saturated heterocycles. The lowest BCUT2D eigenvalue weighted by molar-refractivity contribution is 0.0950. The van der Waals surface area contributed by atoms with Gasteiger partial charge in [-0.1, -0.05) is 31.0 Å². The maximum atomic E-state index is 12.7. The maximum absolute atomic E-state index is 12.7. The number of fused-ring (bicyclic) bond motifs is 1. The number of sulfonamides is 1. The minimum Gasteiger partial charge on any atom is -0.374 e. The van der Waals surface area contributed by atoms with E-state index in [0.29, 0.717) is 12.1 Å². The highest BCUT2D eigenvalue weighted by Crippen LogP contribution is 2.27. The molecule has 0 aromatic heterocycles. The molecule has 1 aliphatic carbocycles. The van der Waals surface area contributed by atoms with Gasteiger partial charge in [-0.25, -0.2) is 13.1 Å². The zero-order valence-corrected chi connectivity index (χ0v) is 18.2. The number of nitrogens with one attached hydrogen (secondary N) is 2. The predicted octanol–water partition coefficient (Wildman–Crippen LogP) is 3.22. The number of anilines is 1. The molecule has 6 nitrogen and oxygen atoms in total. The molecule has 1 amide bonds. The SMILES string of the molecule is CN1CCCc2cc(CNC(=O)c3cccc(S(=O)(=O)NC4CCCC4)c3)ccc21. The van der Waals surface area contributed by atoms with Gasteiger partial charge in [-0.05, 0) is 61.1 Å². The van der Waals surface area contributed by atoms with Gasteiger partial charge in [0.15, 0.2) is 0 Å². The standard InChI is InChI=1S/C23H29N3O3S/c1-26-13-5-7-18-14-17(11-12-22(18)26)16-24-23(27)19-6-4-10-21(15-19)30(28,29)25-20-8-2-3-9-20/h4,6,10-12,14-15,20,25H,2-3,5,7-9,13,16H2,1H3,(H,24,27). The highest BCUT2D eigenvalue weighted by Gasteiger charge is 2.23. The van der Waals surface area contributed by atoms with Gasteiger partial charge in [0.05, 0.1) is 4.90 Å². The molecule has 30 heavy (non-hydrogen) atoms. The Morgan fingerprint density at radius 3 is 2.70 bits per heavy atom. The van der Waals surface area contributed by atoms with Crippen molar-refractivity contribution in [3.8, 4) is 0 Å². The van der Waals surface area contributed by atoms with Crippen LogP contribution < -0.4 is 14.9 Å². The van der Waals surface area contributed by atoms with E-state index >= 15 is 0 Å². The van der Waals surface area contributed by atoms with Crippen LogP contribution in [0.5, 0.6) is 0 Å².